The van der Waals surface area contributed by atoms with Gasteiger partial charge in [-0.1, -0.05) is 29.8 Å². The van der Waals surface area contributed by atoms with Crippen LogP contribution in [0.25, 0.3) is 33.3 Å². The molecule has 3 N–H and O–H groups in total. The summed E-state index contributed by atoms with van der Waals surface area (Å²) in [7, 11) is 1.61. The van der Waals surface area contributed by atoms with Crippen LogP contribution >= 0.6 is 11.6 Å². The van der Waals surface area contributed by atoms with Crippen molar-refractivity contribution in [1.82, 2.24) is 9.97 Å². The zero-order valence-electron chi connectivity index (χ0n) is 14.7. The predicted molar refractivity (Wildman–Crippen MR) is 107 cm³/mol. The van der Waals surface area contributed by atoms with Crippen molar-refractivity contribution in [2.24, 2.45) is 0 Å². The summed E-state index contributed by atoms with van der Waals surface area (Å²) in [5, 5.41) is 20.0. The molecule has 140 valence electrons. The minimum absolute atomic E-state index is 0.0333. The number of nitrogens with one attached hydrogen (secondary N) is 1. The summed E-state index contributed by atoms with van der Waals surface area (Å²) in [6.07, 6.45) is 3.48. The van der Waals surface area contributed by atoms with Gasteiger partial charge in [0, 0.05) is 34.5 Å². The van der Waals surface area contributed by atoms with Crippen LogP contribution in [0.15, 0.2) is 54.9 Å². The Morgan fingerprint density at radius 1 is 1.14 bits per heavy atom. The van der Waals surface area contributed by atoms with E-state index in [1.54, 1.807) is 13.3 Å². The van der Waals surface area contributed by atoms with Crippen molar-refractivity contribution in [2.45, 2.75) is 0 Å². The van der Waals surface area contributed by atoms with E-state index in [2.05, 4.69) is 9.97 Å². The van der Waals surface area contributed by atoms with Crippen LogP contribution in [0.3, 0.4) is 0 Å². The van der Waals surface area contributed by atoms with Crippen molar-refractivity contribution in [2.75, 3.05) is 7.11 Å². The zero-order chi connectivity index (χ0) is 19.8. The molecule has 7 heteroatoms. The topological polar surface area (TPSA) is 95.4 Å². The third-order valence-corrected chi connectivity index (χ3v) is 4.84. The first kappa shape index (κ1) is 17.9. The van der Waals surface area contributed by atoms with Gasteiger partial charge in [-0.05, 0) is 29.8 Å². The predicted octanol–water partition coefficient (Wildman–Crippen LogP) is 4.96. The van der Waals surface area contributed by atoms with E-state index >= 15 is 0 Å². The fourth-order valence-electron chi connectivity index (χ4n) is 3.18. The molecule has 0 saturated carbocycles. The molecule has 0 atom stereocenters. The molecule has 0 radical (unpaired) electrons. The van der Waals surface area contributed by atoms with Crippen LogP contribution in [0.4, 0.5) is 0 Å². The highest BCUT2D eigenvalue weighted by molar-refractivity contribution is 6.33. The van der Waals surface area contributed by atoms with Gasteiger partial charge in [0.15, 0.2) is 0 Å². The molecule has 6 nitrogen and oxygen atoms in total. The highest BCUT2D eigenvalue weighted by atomic mass is 35.5. The number of nitrogens with zero attached hydrogens (tertiary/aromatic N) is 1. The van der Waals surface area contributed by atoms with Gasteiger partial charge < -0.3 is 19.9 Å². The van der Waals surface area contributed by atoms with Gasteiger partial charge in [0.25, 0.3) is 0 Å². The van der Waals surface area contributed by atoms with Crippen LogP contribution in [-0.4, -0.2) is 33.3 Å². The van der Waals surface area contributed by atoms with Crippen LogP contribution in [0, 0.1) is 0 Å². The Balaban J connectivity index is 1.91. The van der Waals surface area contributed by atoms with Crippen molar-refractivity contribution in [3.8, 4) is 33.8 Å². The lowest BCUT2D eigenvalue weighted by Crippen LogP contribution is -1.98. The van der Waals surface area contributed by atoms with Crippen molar-refractivity contribution >= 4 is 28.6 Å². The van der Waals surface area contributed by atoms with Crippen molar-refractivity contribution in [1.29, 1.82) is 0 Å². The highest BCUT2D eigenvalue weighted by Gasteiger charge is 2.17. The minimum atomic E-state index is -1.26. The Hall–Kier alpha value is -3.51. The standard InChI is InChI=1S/C21H15ClN2O4/c1-28-18-5-3-2-4-13(18)16-10-24-20-14(16)7-12(9-23-20)11-6-15(21(26)27)19(25)17(22)8-11/h2-10,25H,1H3,(H,23,24)(H,26,27). The van der Waals surface area contributed by atoms with Crippen LogP contribution in [0.1, 0.15) is 10.4 Å². The lowest BCUT2D eigenvalue weighted by Gasteiger charge is -2.09. The molecule has 2 aromatic carbocycles. The van der Waals surface area contributed by atoms with Gasteiger partial charge >= 0.3 is 5.97 Å². The maximum Gasteiger partial charge on any atom is 0.339 e. The SMILES string of the molecule is COc1ccccc1-c1c[nH]c2ncc(-c3cc(Cl)c(O)c(C(=O)O)c3)cc12. The number of methoxy groups -OCH3 is 1. The second-order valence-corrected chi connectivity index (χ2v) is 6.59. The number of rotatable bonds is 4. The maximum absolute atomic E-state index is 11.4. The number of hydrogen-bond donors (Lipinski definition) is 3. The van der Waals surface area contributed by atoms with E-state index in [0.717, 1.165) is 22.3 Å². The largest absolute Gasteiger partial charge is 0.505 e. The van der Waals surface area contributed by atoms with Crippen molar-refractivity contribution in [3.63, 3.8) is 0 Å². The normalized spacial score (nSPS) is 10.9. The van der Waals surface area contributed by atoms with Crippen LogP contribution < -0.4 is 4.74 Å². The molecule has 0 fully saturated rings. The Bertz CT molecular complexity index is 1220. The van der Waals surface area contributed by atoms with Gasteiger partial charge in [-0.25, -0.2) is 9.78 Å². The number of phenols is 1. The number of aromatic amines is 1. The fraction of sp³-hybridized carbons (Fsp3) is 0.0476. The van der Waals surface area contributed by atoms with E-state index in [1.807, 2.05) is 36.5 Å². The number of aromatic nitrogens is 2. The summed E-state index contributed by atoms with van der Waals surface area (Å²) in [4.78, 5) is 19.0. The van der Waals surface area contributed by atoms with Gasteiger partial charge in [-0.3, -0.25) is 0 Å². The van der Waals surface area contributed by atoms with Crippen molar-refractivity contribution in [3.05, 3.63) is 65.4 Å². The lowest BCUT2D eigenvalue weighted by molar-refractivity contribution is 0.0694. The Morgan fingerprint density at radius 2 is 1.93 bits per heavy atom. The van der Waals surface area contributed by atoms with E-state index in [9.17, 15) is 15.0 Å². The zero-order valence-corrected chi connectivity index (χ0v) is 15.5. The first-order chi connectivity index (χ1) is 13.5. The van der Waals surface area contributed by atoms with E-state index in [1.165, 1.54) is 12.1 Å². The van der Waals surface area contributed by atoms with E-state index in [0.29, 0.717) is 16.8 Å². The molecular weight excluding hydrogens is 380 g/mol. The highest BCUT2D eigenvalue weighted by Crippen LogP contribution is 2.38. The molecule has 0 spiro atoms. The molecule has 4 aromatic rings. The molecule has 0 unspecified atom stereocenters. The van der Waals surface area contributed by atoms with Crippen LogP contribution in [-0.2, 0) is 0 Å². The number of hydrogen-bond acceptors (Lipinski definition) is 4. The molecule has 0 aliphatic heterocycles. The van der Waals surface area contributed by atoms with Crippen LogP contribution in [0.5, 0.6) is 11.5 Å². The van der Waals surface area contributed by atoms with Crippen LogP contribution in [0.2, 0.25) is 5.02 Å². The van der Waals surface area contributed by atoms with Gasteiger partial charge in [0.1, 0.15) is 22.7 Å². The molecule has 0 amide bonds. The molecule has 0 aliphatic rings. The lowest BCUT2D eigenvalue weighted by atomic mass is 10.00. The summed E-state index contributed by atoms with van der Waals surface area (Å²) >= 11 is 6.02. The van der Waals surface area contributed by atoms with Gasteiger partial charge in [0.05, 0.1) is 12.1 Å². The Morgan fingerprint density at radius 3 is 2.68 bits per heavy atom. The molecule has 0 saturated heterocycles. The molecule has 4 rings (SSSR count). The molecule has 0 bridgehead atoms. The maximum atomic E-state index is 11.4. The van der Waals surface area contributed by atoms with Gasteiger partial charge in [-0.15, -0.1) is 0 Å². The summed E-state index contributed by atoms with van der Waals surface area (Å²) in [6.45, 7) is 0. The fourth-order valence-corrected chi connectivity index (χ4v) is 3.40. The minimum Gasteiger partial charge on any atom is -0.505 e. The first-order valence-corrected chi connectivity index (χ1v) is 8.74. The third-order valence-electron chi connectivity index (χ3n) is 4.56. The number of benzene rings is 2. The number of halogens is 1. The number of aromatic hydroxyl groups is 1. The number of carbonyl (C=O) groups is 1. The van der Waals surface area contributed by atoms with Crippen molar-refractivity contribution < 1.29 is 19.7 Å². The Labute approximate surface area is 165 Å². The summed E-state index contributed by atoms with van der Waals surface area (Å²) in [6, 6.07) is 12.4. The molecule has 2 aromatic heterocycles. The number of carboxylic acids is 1. The number of H-pyrrole nitrogens is 1. The number of ether oxygens (including phenoxy) is 1. The first-order valence-electron chi connectivity index (χ1n) is 8.36. The Kier molecular flexibility index (Phi) is 4.41. The molecule has 28 heavy (non-hydrogen) atoms. The van der Waals surface area contributed by atoms with E-state index in [4.69, 9.17) is 16.3 Å². The smallest absolute Gasteiger partial charge is 0.339 e. The second kappa shape index (κ2) is 6.90. The average Bonchev–Trinajstić information content (AvgIpc) is 3.12. The monoisotopic (exact) mass is 394 g/mol. The second-order valence-electron chi connectivity index (χ2n) is 6.18. The quantitative estimate of drug-likeness (QED) is 0.454. The molecular formula is C21H15ClN2O4. The average molecular weight is 395 g/mol. The molecule has 0 aliphatic carbocycles. The molecule has 2 heterocycles. The summed E-state index contributed by atoms with van der Waals surface area (Å²) in [5.74, 6) is -0.982. The summed E-state index contributed by atoms with van der Waals surface area (Å²) in [5.41, 5.74) is 3.46. The summed E-state index contributed by atoms with van der Waals surface area (Å²) < 4.78 is 5.46. The number of carboxylic acid groups (broad SMARTS) is 1. The number of fused-ring (bicyclic) bond motifs is 1. The van der Waals surface area contributed by atoms with Gasteiger partial charge in [0.2, 0.25) is 0 Å². The number of para-hydroxylation sites is 1. The van der Waals surface area contributed by atoms with E-state index in [-0.39, 0.29) is 10.6 Å². The van der Waals surface area contributed by atoms with E-state index < -0.39 is 11.7 Å². The number of aromatic carboxylic acids is 1. The third kappa shape index (κ3) is 2.93. The number of pyridine rings is 1. The van der Waals surface area contributed by atoms with Gasteiger partial charge in [-0.2, -0.15) is 0 Å².